The highest BCUT2D eigenvalue weighted by atomic mass is 16.2. The van der Waals surface area contributed by atoms with E-state index in [1.807, 2.05) is 36.9 Å². The molecule has 0 atom stereocenters. The molecule has 1 aliphatic heterocycles. The maximum absolute atomic E-state index is 12.6. The Morgan fingerprint density at radius 1 is 1.17 bits per heavy atom. The quantitative estimate of drug-likeness (QED) is 0.905. The number of nitrogens with two attached hydrogens (primary N) is 1. The highest BCUT2D eigenvalue weighted by molar-refractivity contribution is 5.94. The summed E-state index contributed by atoms with van der Waals surface area (Å²) in [4.78, 5) is 25.7. The first-order valence-electron chi connectivity index (χ1n) is 8.17. The third-order valence-corrected chi connectivity index (χ3v) is 4.83. The summed E-state index contributed by atoms with van der Waals surface area (Å²) < 4.78 is 0. The molecule has 1 saturated heterocycles. The minimum Gasteiger partial charge on any atom is -0.364 e. The van der Waals surface area contributed by atoms with E-state index in [1.54, 1.807) is 6.07 Å². The standard InChI is InChI=1S/C18H22N4O2/c1-11-3-4-14(9-12(11)2)18(24)22-7-5-13(6-8-22)15-10-16(17(19)23)21-20-15/h3-4,9-10,13H,5-8H2,1-2H3,(H2,19,23)(H,20,21). The molecule has 24 heavy (non-hydrogen) atoms. The molecule has 6 nitrogen and oxygen atoms in total. The SMILES string of the molecule is Cc1ccc(C(=O)N2CCC(c3cc(C(N)=O)n[nH]3)CC2)cc1C. The van der Waals surface area contributed by atoms with Crippen molar-refractivity contribution in [1.29, 1.82) is 0 Å². The molecule has 2 amide bonds. The normalized spacial score (nSPS) is 15.5. The summed E-state index contributed by atoms with van der Waals surface area (Å²) in [5.41, 5.74) is 9.48. The zero-order valence-corrected chi connectivity index (χ0v) is 14.0. The predicted molar refractivity (Wildman–Crippen MR) is 90.9 cm³/mol. The van der Waals surface area contributed by atoms with Crippen molar-refractivity contribution in [2.24, 2.45) is 5.73 Å². The van der Waals surface area contributed by atoms with Crippen molar-refractivity contribution in [3.8, 4) is 0 Å². The van der Waals surface area contributed by atoms with E-state index in [1.165, 1.54) is 5.56 Å². The van der Waals surface area contributed by atoms with Crippen molar-refractivity contribution in [3.63, 3.8) is 0 Å². The number of aromatic nitrogens is 2. The lowest BCUT2D eigenvalue weighted by Gasteiger charge is -2.31. The van der Waals surface area contributed by atoms with Crippen molar-refractivity contribution in [2.75, 3.05) is 13.1 Å². The van der Waals surface area contributed by atoms with Crippen LogP contribution in [0.5, 0.6) is 0 Å². The van der Waals surface area contributed by atoms with Crippen LogP contribution in [0.1, 0.15) is 56.4 Å². The van der Waals surface area contributed by atoms with Gasteiger partial charge in [-0.1, -0.05) is 6.07 Å². The Hall–Kier alpha value is -2.63. The van der Waals surface area contributed by atoms with Gasteiger partial charge in [0.2, 0.25) is 0 Å². The molecule has 0 bridgehead atoms. The Morgan fingerprint density at radius 2 is 1.88 bits per heavy atom. The van der Waals surface area contributed by atoms with Crippen LogP contribution in [0, 0.1) is 13.8 Å². The third-order valence-electron chi connectivity index (χ3n) is 4.83. The van der Waals surface area contributed by atoms with Crippen LogP contribution in [0.25, 0.3) is 0 Å². The van der Waals surface area contributed by atoms with E-state index < -0.39 is 5.91 Å². The van der Waals surface area contributed by atoms with E-state index in [2.05, 4.69) is 10.2 Å². The van der Waals surface area contributed by atoms with E-state index in [0.29, 0.717) is 13.1 Å². The maximum atomic E-state index is 12.6. The summed E-state index contributed by atoms with van der Waals surface area (Å²) in [6.07, 6.45) is 1.69. The third kappa shape index (κ3) is 3.18. The molecular formula is C18H22N4O2. The Balaban J connectivity index is 1.64. The molecule has 1 fully saturated rings. The van der Waals surface area contributed by atoms with Gasteiger partial charge in [-0.05, 0) is 56.0 Å². The second-order valence-corrected chi connectivity index (χ2v) is 6.44. The van der Waals surface area contributed by atoms with Crippen LogP contribution in [0.3, 0.4) is 0 Å². The largest absolute Gasteiger partial charge is 0.364 e. The number of likely N-dealkylation sites (tertiary alicyclic amines) is 1. The molecule has 0 radical (unpaired) electrons. The summed E-state index contributed by atoms with van der Waals surface area (Å²) in [5, 5.41) is 6.82. The fourth-order valence-corrected chi connectivity index (χ4v) is 3.12. The van der Waals surface area contributed by atoms with Crippen LogP contribution in [-0.4, -0.2) is 40.0 Å². The lowest BCUT2D eigenvalue weighted by atomic mass is 9.93. The zero-order valence-electron chi connectivity index (χ0n) is 14.0. The smallest absolute Gasteiger partial charge is 0.269 e. The van der Waals surface area contributed by atoms with Gasteiger partial charge in [0.15, 0.2) is 0 Å². The molecule has 6 heteroatoms. The van der Waals surface area contributed by atoms with Crippen LogP contribution >= 0.6 is 0 Å². The summed E-state index contributed by atoms with van der Waals surface area (Å²) in [6, 6.07) is 7.56. The number of rotatable bonds is 3. The van der Waals surface area contributed by atoms with Crippen LogP contribution in [0.4, 0.5) is 0 Å². The molecule has 0 spiro atoms. The zero-order chi connectivity index (χ0) is 17.3. The summed E-state index contributed by atoms with van der Waals surface area (Å²) >= 11 is 0. The molecule has 3 N–H and O–H groups in total. The van der Waals surface area contributed by atoms with Gasteiger partial charge < -0.3 is 10.6 Å². The highest BCUT2D eigenvalue weighted by Gasteiger charge is 2.26. The number of nitrogens with one attached hydrogen (secondary N) is 1. The molecule has 3 rings (SSSR count). The number of hydrogen-bond donors (Lipinski definition) is 2. The molecule has 0 aliphatic carbocycles. The highest BCUT2D eigenvalue weighted by Crippen LogP contribution is 2.28. The van der Waals surface area contributed by atoms with Gasteiger partial charge in [-0.2, -0.15) is 5.10 Å². The Bertz CT molecular complexity index is 773. The number of amides is 2. The van der Waals surface area contributed by atoms with Gasteiger partial charge in [0, 0.05) is 30.3 Å². The number of aromatic amines is 1. The molecule has 126 valence electrons. The van der Waals surface area contributed by atoms with Gasteiger partial charge in [0.05, 0.1) is 0 Å². The fourth-order valence-electron chi connectivity index (χ4n) is 3.12. The van der Waals surface area contributed by atoms with Crippen molar-refractivity contribution in [1.82, 2.24) is 15.1 Å². The predicted octanol–water partition coefficient (Wildman–Crippen LogP) is 2.15. The molecule has 1 aromatic heterocycles. The van der Waals surface area contributed by atoms with Gasteiger partial charge in [0.25, 0.3) is 11.8 Å². The van der Waals surface area contributed by atoms with Crippen LogP contribution < -0.4 is 5.73 Å². The summed E-state index contributed by atoms with van der Waals surface area (Å²) in [6.45, 7) is 5.45. The van der Waals surface area contributed by atoms with Crippen molar-refractivity contribution >= 4 is 11.8 Å². The molecule has 1 aliphatic rings. The molecular weight excluding hydrogens is 304 g/mol. The Morgan fingerprint density at radius 3 is 2.46 bits per heavy atom. The number of H-pyrrole nitrogens is 1. The maximum Gasteiger partial charge on any atom is 0.269 e. The minimum atomic E-state index is -0.528. The van der Waals surface area contributed by atoms with E-state index in [4.69, 9.17) is 5.73 Å². The number of benzene rings is 1. The summed E-state index contributed by atoms with van der Waals surface area (Å²) in [7, 11) is 0. The van der Waals surface area contributed by atoms with Gasteiger partial charge in [0.1, 0.15) is 5.69 Å². The first kappa shape index (κ1) is 16.2. The minimum absolute atomic E-state index is 0.0824. The number of piperidine rings is 1. The van der Waals surface area contributed by atoms with Gasteiger partial charge in [-0.25, -0.2) is 0 Å². The van der Waals surface area contributed by atoms with Gasteiger partial charge >= 0.3 is 0 Å². The number of carbonyl (C=O) groups is 2. The lowest BCUT2D eigenvalue weighted by molar-refractivity contribution is 0.0712. The molecule has 0 saturated carbocycles. The lowest BCUT2D eigenvalue weighted by Crippen LogP contribution is -2.38. The number of nitrogens with zero attached hydrogens (tertiary/aromatic N) is 2. The van der Waals surface area contributed by atoms with E-state index in [9.17, 15) is 9.59 Å². The van der Waals surface area contributed by atoms with E-state index >= 15 is 0 Å². The monoisotopic (exact) mass is 326 g/mol. The van der Waals surface area contributed by atoms with E-state index in [-0.39, 0.29) is 17.5 Å². The Labute approximate surface area is 141 Å². The second-order valence-electron chi connectivity index (χ2n) is 6.44. The van der Waals surface area contributed by atoms with Crippen LogP contribution in [-0.2, 0) is 0 Å². The fraction of sp³-hybridized carbons (Fsp3) is 0.389. The topological polar surface area (TPSA) is 92.1 Å². The molecule has 0 unspecified atom stereocenters. The Kier molecular flexibility index (Phi) is 4.38. The van der Waals surface area contributed by atoms with E-state index in [0.717, 1.165) is 29.7 Å². The summed E-state index contributed by atoms with van der Waals surface area (Å²) in [5.74, 6) is -0.173. The number of aryl methyl sites for hydroxylation is 2. The average Bonchev–Trinajstić information content (AvgIpc) is 3.07. The van der Waals surface area contributed by atoms with Crippen molar-refractivity contribution in [3.05, 3.63) is 52.3 Å². The molecule has 1 aromatic carbocycles. The first-order chi connectivity index (χ1) is 11.5. The van der Waals surface area contributed by atoms with Crippen LogP contribution in [0.15, 0.2) is 24.3 Å². The first-order valence-corrected chi connectivity index (χ1v) is 8.17. The van der Waals surface area contributed by atoms with Crippen molar-refractivity contribution in [2.45, 2.75) is 32.6 Å². The second kappa shape index (κ2) is 6.47. The van der Waals surface area contributed by atoms with Gasteiger partial charge in [-0.15, -0.1) is 0 Å². The number of hydrogen-bond acceptors (Lipinski definition) is 3. The molecule has 2 heterocycles. The molecule has 2 aromatic rings. The van der Waals surface area contributed by atoms with Gasteiger partial charge in [-0.3, -0.25) is 14.7 Å². The average molecular weight is 326 g/mol. The van der Waals surface area contributed by atoms with Crippen molar-refractivity contribution < 1.29 is 9.59 Å². The number of primary amides is 1. The number of carbonyl (C=O) groups excluding carboxylic acids is 2. The van der Waals surface area contributed by atoms with Crippen LogP contribution in [0.2, 0.25) is 0 Å².